The highest BCUT2D eigenvalue weighted by Gasteiger charge is 2.22. The zero-order chi connectivity index (χ0) is 15.6. The molecule has 1 atom stereocenters. The number of benzene rings is 1. The van der Waals surface area contributed by atoms with Crippen molar-refractivity contribution in [1.29, 1.82) is 0 Å². The Bertz CT molecular complexity index is 655. The van der Waals surface area contributed by atoms with Gasteiger partial charge in [0.15, 0.2) is 5.78 Å². The van der Waals surface area contributed by atoms with Gasteiger partial charge >= 0.3 is 0 Å². The molecule has 0 aliphatic heterocycles. The van der Waals surface area contributed by atoms with E-state index in [1.165, 1.54) is 0 Å². The first kappa shape index (κ1) is 15.5. The number of aryl methyl sites for hydroxylation is 4. The zero-order valence-corrected chi connectivity index (χ0v) is 13.6. The number of hydrogen-bond donors (Lipinski definition) is 0. The van der Waals surface area contributed by atoms with E-state index in [0.29, 0.717) is 0 Å². The largest absolute Gasteiger partial charge is 0.292 e. The van der Waals surface area contributed by atoms with E-state index in [2.05, 4.69) is 25.0 Å². The summed E-state index contributed by atoms with van der Waals surface area (Å²) in [4.78, 5) is 12.8. The van der Waals surface area contributed by atoms with Crippen molar-refractivity contribution in [2.24, 2.45) is 0 Å². The summed E-state index contributed by atoms with van der Waals surface area (Å²) in [5.41, 5.74) is 5.11. The van der Waals surface area contributed by atoms with Gasteiger partial charge in [-0.15, -0.1) is 0 Å². The van der Waals surface area contributed by atoms with Gasteiger partial charge in [-0.2, -0.15) is 5.10 Å². The maximum Gasteiger partial charge on any atom is 0.187 e. The molecule has 21 heavy (non-hydrogen) atoms. The van der Waals surface area contributed by atoms with Crippen molar-refractivity contribution in [3.63, 3.8) is 0 Å². The molecule has 3 nitrogen and oxygen atoms in total. The van der Waals surface area contributed by atoms with Gasteiger partial charge in [0.25, 0.3) is 0 Å². The second-order valence-corrected chi connectivity index (χ2v) is 5.64. The van der Waals surface area contributed by atoms with E-state index in [-0.39, 0.29) is 11.8 Å². The predicted molar refractivity (Wildman–Crippen MR) is 85.9 cm³/mol. The van der Waals surface area contributed by atoms with Crippen LogP contribution in [0.4, 0.5) is 0 Å². The average Bonchev–Trinajstić information content (AvgIpc) is 2.91. The third kappa shape index (κ3) is 3.07. The van der Waals surface area contributed by atoms with Crippen LogP contribution in [0.2, 0.25) is 0 Å². The molecule has 0 spiro atoms. The summed E-state index contributed by atoms with van der Waals surface area (Å²) in [6.07, 6.45) is 1.78. The highest BCUT2D eigenvalue weighted by Crippen LogP contribution is 2.21. The number of ketones is 1. The van der Waals surface area contributed by atoms with Crippen molar-refractivity contribution in [3.05, 3.63) is 52.3 Å². The molecule has 0 bridgehead atoms. The Balaban J connectivity index is 2.39. The molecule has 112 valence electrons. The van der Waals surface area contributed by atoms with Crippen LogP contribution < -0.4 is 0 Å². The first-order chi connectivity index (χ1) is 9.97. The highest BCUT2D eigenvalue weighted by molar-refractivity contribution is 6.00. The lowest BCUT2D eigenvalue weighted by Gasteiger charge is -2.16. The Hall–Kier alpha value is -1.90. The third-order valence-electron chi connectivity index (χ3n) is 3.99. The second kappa shape index (κ2) is 6.25. The number of rotatable bonds is 5. The van der Waals surface area contributed by atoms with Crippen molar-refractivity contribution in [1.82, 2.24) is 9.78 Å². The lowest BCUT2D eigenvalue weighted by atomic mass is 9.98. The lowest BCUT2D eigenvalue weighted by Crippen LogP contribution is -2.20. The number of carbonyl (C=O) groups is 1. The standard InChI is InChI=1S/C18H24N2O/c1-6-15-11-16(7-2)20(19-15)14(5)18(21)17-10-12(3)8-9-13(17)4/h8-11,14H,6-7H2,1-5H3. The molecule has 0 fully saturated rings. The Morgan fingerprint density at radius 3 is 2.52 bits per heavy atom. The van der Waals surface area contributed by atoms with E-state index in [1.807, 2.05) is 43.7 Å². The van der Waals surface area contributed by atoms with Gasteiger partial charge in [0.1, 0.15) is 6.04 Å². The fourth-order valence-electron chi connectivity index (χ4n) is 2.60. The maximum atomic E-state index is 12.8. The average molecular weight is 284 g/mol. The number of nitrogens with zero attached hydrogens (tertiary/aromatic N) is 2. The first-order valence-corrected chi connectivity index (χ1v) is 7.66. The topological polar surface area (TPSA) is 34.9 Å². The van der Waals surface area contributed by atoms with Gasteiger partial charge in [0.2, 0.25) is 0 Å². The lowest BCUT2D eigenvalue weighted by molar-refractivity contribution is 0.0925. The van der Waals surface area contributed by atoms with E-state index in [0.717, 1.165) is 40.9 Å². The summed E-state index contributed by atoms with van der Waals surface area (Å²) in [6.45, 7) is 10.1. The van der Waals surface area contributed by atoms with Crippen molar-refractivity contribution < 1.29 is 4.79 Å². The minimum atomic E-state index is -0.263. The SMILES string of the molecule is CCc1cc(CC)n(C(C)C(=O)c2cc(C)ccc2C)n1. The van der Waals surface area contributed by atoms with Gasteiger partial charge in [0, 0.05) is 11.3 Å². The van der Waals surface area contributed by atoms with E-state index in [9.17, 15) is 4.79 Å². The maximum absolute atomic E-state index is 12.8. The third-order valence-corrected chi connectivity index (χ3v) is 3.99. The van der Waals surface area contributed by atoms with Crippen LogP contribution in [0.1, 0.15) is 59.7 Å². The summed E-state index contributed by atoms with van der Waals surface area (Å²) in [6, 6.07) is 7.87. The number of aromatic nitrogens is 2. The molecule has 1 aromatic carbocycles. The normalized spacial score (nSPS) is 12.4. The van der Waals surface area contributed by atoms with Crippen LogP contribution in [0.25, 0.3) is 0 Å². The fourth-order valence-corrected chi connectivity index (χ4v) is 2.60. The summed E-state index contributed by atoms with van der Waals surface area (Å²) in [7, 11) is 0. The molecular weight excluding hydrogens is 260 g/mol. The van der Waals surface area contributed by atoms with Crippen molar-refractivity contribution in [2.45, 2.75) is 53.5 Å². The predicted octanol–water partition coefficient (Wildman–Crippen LogP) is 4.07. The minimum absolute atomic E-state index is 0.136. The molecule has 1 heterocycles. The smallest absolute Gasteiger partial charge is 0.187 e. The van der Waals surface area contributed by atoms with Crippen molar-refractivity contribution in [3.8, 4) is 0 Å². The first-order valence-electron chi connectivity index (χ1n) is 7.66. The van der Waals surface area contributed by atoms with Crippen molar-refractivity contribution >= 4 is 5.78 Å². The van der Waals surface area contributed by atoms with Gasteiger partial charge in [-0.25, -0.2) is 0 Å². The van der Waals surface area contributed by atoms with E-state index < -0.39 is 0 Å². The van der Waals surface area contributed by atoms with Crippen LogP contribution in [0.5, 0.6) is 0 Å². The van der Waals surface area contributed by atoms with Crippen LogP contribution in [0, 0.1) is 13.8 Å². The molecule has 1 unspecified atom stereocenters. The molecule has 3 heteroatoms. The Morgan fingerprint density at radius 1 is 1.19 bits per heavy atom. The van der Waals surface area contributed by atoms with Gasteiger partial charge in [0.05, 0.1) is 5.69 Å². The van der Waals surface area contributed by atoms with Crippen LogP contribution in [-0.2, 0) is 12.8 Å². The molecule has 0 saturated heterocycles. The number of hydrogen-bond acceptors (Lipinski definition) is 2. The van der Waals surface area contributed by atoms with E-state index in [1.54, 1.807) is 0 Å². The minimum Gasteiger partial charge on any atom is -0.292 e. The fraction of sp³-hybridized carbons (Fsp3) is 0.444. The monoisotopic (exact) mass is 284 g/mol. The molecule has 0 aliphatic carbocycles. The van der Waals surface area contributed by atoms with Gasteiger partial charge in [-0.05, 0) is 51.3 Å². The molecule has 0 N–H and O–H groups in total. The van der Waals surface area contributed by atoms with Gasteiger partial charge in [-0.3, -0.25) is 9.48 Å². The van der Waals surface area contributed by atoms with Crippen molar-refractivity contribution in [2.75, 3.05) is 0 Å². The summed E-state index contributed by atoms with van der Waals surface area (Å²) >= 11 is 0. The summed E-state index contributed by atoms with van der Waals surface area (Å²) in [5.74, 6) is 0.136. The molecular formula is C18H24N2O. The highest BCUT2D eigenvalue weighted by atomic mass is 16.1. The summed E-state index contributed by atoms with van der Waals surface area (Å²) < 4.78 is 1.89. The van der Waals surface area contributed by atoms with Crippen LogP contribution in [-0.4, -0.2) is 15.6 Å². The van der Waals surface area contributed by atoms with Crippen LogP contribution in [0.15, 0.2) is 24.3 Å². The molecule has 1 aromatic heterocycles. The molecule has 0 aliphatic rings. The van der Waals surface area contributed by atoms with Crippen LogP contribution in [0.3, 0.4) is 0 Å². The van der Waals surface area contributed by atoms with Crippen LogP contribution >= 0.6 is 0 Å². The Labute approximate surface area is 127 Å². The van der Waals surface area contributed by atoms with E-state index >= 15 is 0 Å². The second-order valence-electron chi connectivity index (χ2n) is 5.64. The molecule has 0 saturated carbocycles. The Kier molecular flexibility index (Phi) is 4.61. The molecule has 2 aromatic rings. The number of Topliss-reactive ketones (excluding diaryl/α,β-unsaturated/α-hetero) is 1. The molecule has 0 radical (unpaired) electrons. The van der Waals surface area contributed by atoms with Gasteiger partial charge < -0.3 is 0 Å². The molecule has 0 amide bonds. The summed E-state index contributed by atoms with van der Waals surface area (Å²) in [5, 5.41) is 4.59. The molecule has 2 rings (SSSR count). The van der Waals surface area contributed by atoms with Gasteiger partial charge in [-0.1, -0.05) is 31.5 Å². The van der Waals surface area contributed by atoms with E-state index in [4.69, 9.17) is 0 Å². The quantitative estimate of drug-likeness (QED) is 0.776. The zero-order valence-electron chi connectivity index (χ0n) is 13.6. The Morgan fingerprint density at radius 2 is 1.90 bits per heavy atom. The number of carbonyl (C=O) groups excluding carboxylic acids is 1.